The Balaban J connectivity index is 2.06. The number of rotatable bonds is 5. The first-order chi connectivity index (χ1) is 6.14. The lowest BCUT2D eigenvalue weighted by atomic mass is 10.0. The maximum Gasteiger partial charge on any atom is 0.0246 e. The van der Waals surface area contributed by atoms with Gasteiger partial charge in [-0.1, -0.05) is 12.8 Å². The van der Waals surface area contributed by atoms with E-state index in [9.17, 15) is 0 Å². The molecular weight excluding hydrogens is 160 g/mol. The summed E-state index contributed by atoms with van der Waals surface area (Å²) in [6, 6.07) is 0. The predicted molar refractivity (Wildman–Crippen MR) is 58.0 cm³/mol. The summed E-state index contributed by atoms with van der Waals surface area (Å²) in [6.07, 6.45) is 5.77. The molecule has 0 aromatic rings. The van der Waals surface area contributed by atoms with Crippen molar-refractivity contribution in [2.45, 2.75) is 45.1 Å². The molecule has 0 spiro atoms. The van der Waals surface area contributed by atoms with Crippen LogP contribution in [0.15, 0.2) is 0 Å². The van der Waals surface area contributed by atoms with E-state index in [1.165, 1.54) is 32.2 Å². The van der Waals surface area contributed by atoms with Gasteiger partial charge in [-0.15, -0.1) is 0 Å². The molecule has 1 rings (SSSR count). The lowest BCUT2D eigenvalue weighted by Crippen LogP contribution is -2.46. The van der Waals surface area contributed by atoms with Gasteiger partial charge in [-0.05, 0) is 46.2 Å². The van der Waals surface area contributed by atoms with E-state index in [4.69, 9.17) is 0 Å². The molecule has 0 atom stereocenters. The average molecular weight is 184 g/mol. The molecule has 1 saturated carbocycles. The van der Waals surface area contributed by atoms with E-state index in [1.807, 2.05) is 7.05 Å². The summed E-state index contributed by atoms with van der Waals surface area (Å²) in [5.41, 5.74) is 0.235. The van der Waals surface area contributed by atoms with Gasteiger partial charge < -0.3 is 10.6 Å². The highest BCUT2D eigenvalue weighted by atomic mass is 15.0. The van der Waals surface area contributed by atoms with E-state index in [0.29, 0.717) is 0 Å². The van der Waals surface area contributed by atoms with Crippen molar-refractivity contribution in [3.8, 4) is 0 Å². The van der Waals surface area contributed by atoms with Crippen molar-refractivity contribution in [1.29, 1.82) is 0 Å². The first-order valence-corrected chi connectivity index (χ1v) is 5.54. The number of hydrogen-bond donors (Lipinski definition) is 2. The highest BCUT2D eigenvalue weighted by molar-refractivity contribution is 4.79. The second-order valence-electron chi connectivity index (χ2n) is 4.92. The van der Waals surface area contributed by atoms with Crippen molar-refractivity contribution in [1.82, 2.24) is 10.6 Å². The van der Waals surface area contributed by atoms with E-state index >= 15 is 0 Å². The van der Waals surface area contributed by atoms with Crippen LogP contribution in [0.1, 0.15) is 39.5 Å². The molecule has 13 heavy (non-hydrogen) atoms. The van der Waals surface area contributed by atoms with Crippen LogP contribution in [0, 0.1) is 5.92 Å². The molecule has 0 aromatic heterocycles. The molecule has 0 saturated heterocycles. The first-order valence-electron chi connectivity index (χ1n) is 5.54. The van der Waals surface area contributed by atoms with Crippen LogP contribution in [-0.2, 0) is 0 Å². The Hall–Kier alpha value is -0.0800. The van der Waals surface area contributed by atoms with Crippen LogP contribution in [0.25, 0.3) is 0 Å². The third-order valence-corrected chi connectivity index (χ3v) is 3.15. The summed E-state index contributed by atoms with van der Waals surface area (Å²) in [6.45, 7) is 6.74. The number of hydrogen-bond acceptors (Lipinski definition) is 2. The summed E-state index contributed by atoms with van der Waals surface area (Å²) in [7, 11) is 2.03. The van der Waals surface area contributed by atoms with Gasteiger partial charge >= 0.3 is 0 Å². The Morgan fingerprint density at radius 2 is 1.85 bits per heavy atom. The fourth-order valence-electron chi connectivity index (χ4n) is 1.89. The highest BCUT2D eigenvalue weighted by Gasteiger charge is 2.17. The summed E-state index contributed by atoms with van der Waals surface area (Å²) in [4.78, 5) is 0. The second-order valence-corrected chi connectivity index (χ2v) is 4.92. The van der Waals surface area contributed by atoms with Crippen molar-refractivity contribution in [2.24, 2.45) is 5.92 Å². The highest BCUT2D eigenvalue weighted by Crippen LogP contribution is 2.23. The lowest BCUT2D eigenvalue weighted by molar-refractivity contribution is 0.373. The quantitative estimate of drug-likeness (QED) is 0.680. The Bertz CT molecular complexity index is 137. The zero-order valence-electron chi connectivity index (χ0n) is 9.32. The van der Waals surface area contributed by atoms with Crippen LogP contribution in [0.2, 0.25) is 0 Å². The van der Waals surface area contributed by atoms with E-state index in [-0.39, 0.29) is 5.54 Å². The third kappa shape index (κ3) is 4.10. The molecule has 2 nitrogen and oxygen atoms in total. The number of likely N-dealkylation sites (N-methyl/N-ethyl adjacent to an activating group) is 1. The summed E-state index contributed by atoms with van der Waals surface area (Å²) < 4.78 is 0. The predicted octanol–water partition coefficient (Wildman–Crippen LogP) is 1.76. The fraction of sp³-hybridized carbons (Fsp3) is 1.00. The second kappa shape index (κ2) is 4.97. The van der Waals surface area contributed by atoms with Gasteiger partial charge in [0.25, 0.3) is 0 Å². The smallest absolute Gasteiger partial charge is 0.0246 e. The standard InChI is InChI=1S/C11H24N2/c1-11(2,12-3)9-13-8-10-6-4-5-7-10/h10,12-13H,4-9H2,1-3H3. The Labute approximate surface area is 82.5 Å². The molecule has 2 N–H and O–H groups in total. The van der Waals surface area contributed by atoms with E-state index in [1.54, 1.807) is 0 Å². The summed E-state index contributed by atoms with van der Waals surface area (Å²) >= 11 is 0. The minimum Gasteiger partial charge on any atom is -0.315 e. The first kappa shape index (κ1) is 11.0. The van der Waals surface area contributed by atoms with Gasteiger partial charge in [-0.25, -0.2) is 0 Å². The van der Waals surface area contributed by atoms with E-state index in [0.717, 1.165) is 12.5 Å². The zero-order valence-corrected chi connectivity index (χ0v) is 9.32. The molecule has 1 aliphatic rings. The van der Waals surface area contributed by atoms with E-state index in [2.05, 4.69) is 24.5 Å². The van der Waals surface area contributed by atoms with Crippen LogP contribution in [0.5, 0.6) is 0 Å². The summed E-state index contributed by atoms with van der Waals surface area (Å²) in [5, 5.41) is 6.86. The lowest BCUT2D eigenvalue weighted by Gasteiger charge is -2.25. The molecule has 0 aliphatic heterocycles. The Morgan fingerprint density at radius 1 is 1.23 bits per heavy atom. The maximum absolute atomic E-state index is 3.56. The van der Waals surface area contributed by atoms with Gasteiger partial charge in [-0.2, -0.15) is 0 Å². The molecular formula is C11H24N2. The van der Waals surface area contributed by atoms with Gasteiger partial charge in [0.05, 0.1) is 0 Å². The van der Waals surface area contributed by atoms with Crippen LogP contribution in [-0.4, -0.2) is 25.7 Å². The number of nitrogens with one attached hydrogen (secondary N) is 2. The molecule has 1 fully saturated rings. The van der Waals surface area contributed by atoms with Gasteiger partial charge in [0.2, 0.25) is 0 Å². The van der Waals surface area contributed by atoms with Gasteiger partial charge in [0.15, 0.2) is 0 Å². The third-order valence-electron chi connectivity index (χ3n) is 3.15. The molecule has 78 valence electrons. The van der Waals surface area contributed by atoms with Crippen LogP contribution >= 0.6 is 0 Å². The molecule has 0 aromatic carbocycles. The molecule has 0 bridgehead atoms. The monoisotopic (exact) mass is 184 g/mol. The summed E-state index contributed by atoms with van der Waals surface area (Å²) in [5.74, 6) is 0.952. The fourth-order valence-corrected chi connectivity index (χ4v) is 1.89. The van der Waals surface area contributed by atoms with Crippen LogP contribution < -0.4 is 10.6 Å². The van der Waals surface area contributed by atoms with Crippen LogP contribution in [0.4, 0.5) is 0 Å². The van der Waals surface area contributed by atoms with Gasteiger partial charge in [0, 0.05) is 12.1 Å². The largest absolute Gasteiger partial charge is 0.315 e. The SMILES string of the molecule is CNC(C)(C)CNCC1CCCC1. The van der Waals surface area contributed by atoms with Gasteiger partial charge in [-0.3, -0.25) is 0 Å². The topological polar surface area (TPSA) is 24.1 Å². The Morgan fingerprint density at radius 3 is 2.38 bits per heavy atom. The van der Waals surface area contributed by atoms with Crippen LogP contribution in [0.3, 0.4) is 0 Å². The maximum atomic E-state index is 3.56. The normalized spacial score (nSPS) is 19.6. The Kier molecular flexibility index (Phi) is 4.20. The van der Waals surface area contributed by atoms with Crippen molar-refractivity contribution in [3.05, 3.63) is 0 Å². The molecule has 0 amide bonds. The minimum absolute atomic E-state index is 0.235. The van der Waals surface area contributed by atoms with Gasteiger partial charge in [0.1, 0.15) is 0 Å². The van der Waals surface area contributed by atoms with Crippen molar-refractivity contribution in [3.63, 3.8) is 0 Å². The molecule has 0 heterocycles. The molecule has 0 unspecified atom stereocenters. The molecule has 1 aliphatic carbocycles. The molecule has 2 heteroatoms. The molecule has 0 radical (unpaired) electrons. The van der Waals surface area contributed by atoms with Crippen molar-refractivity contribution >= 4 is 0 Å². The van der Waals surface area contributed by atoms with Crippen molar-refractivity contribution < 1.29 is 0 Å². The van der Waals surface area contributed by atoms with E-state index < -0.39 is 0 Å². The minimum atomic E-state index is 0.235. The van der Waals surface area contributed by atoms with Crippen molar-refractivity contribution in [2.75, 3.05) is 20.1 Å². The zero-order chi connectivity index (χ0) is 9.73. The average Bonchev–Trinajstić information content (AvgIpc) is 2.57.